The molecule has 3 N–H and O–H groups in total. The van der Waals surface area contributed by atoms with Gasteiger partial charge in [0.25, 0.3) is 10.0 Å². The number of benzene rings is 2. The Bertz CT molecular complexity index is 947. The van der Waals surface area contributed by atoms with E-state index in [-0.39, 0.29) is 10.6 Å². The summed E-state index contributed by atoms with van der Waals surface area (Å²) in [5, 5.41) is 14.3. The lowest BCUT2D eigenvalue weighted by Crippen LogP contribution is -3.11. The molecule has 0 atom stereocenters. The van der Waals surface area contributed by atoms with Crippen LogP contribution in [0.3, 0.4) is 0 Å². The minimum Gasteiger partial charge on any atom is -0.507 e. The number of phenolic OH excluding ortho intramolecular Hbond substituents is 1. The van der Waals surface area contributed by atoms with Crippen molar-refractivity contribution >= 4 is 15.7 Å². The van der Waals surface area contributed by atoms with E-state index in [2.05, 4.69) is 9.93 Å². The van der Waals surface area contributed by atoms with E-state index in [1.54, 1.807) is 43.3 Å². The molecule has 0 spiro atoms. The monoisotopic (exact) mass is 402 g/mol. The first-order valence-corrected chi connectivity index (χ1v) is 11.1. The molecule has 1 saturated heterocycles. The number of quaternary nitrogens is 1. The Balaban J connectivity index is 1.74. The zero-order chi connectivity index (χ0) is 20.1. The number of likely N-dealkylation sites (tertiary alicyclic amines) is 1. The fourth-order valence-electron chi connectivity index (χ4n) is 3.41. The molecule has 0 unspecified atom stereocenters. The molecule has 3 rings (SSSR count). The maximum atomic E-state index is 12.4. The number of aryl methyl sites for hydroxylation is 1. The van der Waals surface area contributed by atoms with E-state index >= 15 is 0 Å². The van der Waals surface area contributed by atoms with Gasteiger partial charge in [0.15, 0.2) is 0 Å². The third kappa shape index (κ3) is 5.11. The van der Waals surface area contributed by atoms with E-state index in [0.29, 0.717) is 5.71 Å². The Kier molecular flexibility index (Phi) is 6.36. The maximum absolute atomic E-state index is 12.4. The van der Waals surface area contributed by atoms with Crippen LogP contribution < -0.4 is 9.73 Å². The van der Waals surface area contributed by atoms with Crippen molar-refractivity contribution < 1.29 is 18.4 Å². The molecule has 1 heterocycles. The van der Waals surface area contributed by atoms with Gasteiger partial charge in [-0.2, -0.15) is 18.4 Å². The van der Waals surface area contributed by atoms with Gasteiger partial charge in [-0.3, -0.25) is 0 Å². The lowest BCUT2D eigenvalue weighted by atomic mass is 10.0. The van der Waals surface area contributed by atoms with Gasteiger partial charge in [-0.05, 0) is 69.0 Å². The van der Waals surface area contributed by atoms with Crippen molar-refractivity contribution in [3.8, 4) is 5.75 Å². The molecule has 0 amide bonds. The van der Waals surface area contributed by atoms with Gasteiger partial charge in [0.2, 0.25) is 0 Å². The number of hydrazone groups is 1. The average Bonchev–Trinajstić information content (AvgIpc) is 2.69. The molecule has 1 aliphatic heterocycles. The number of sulfonamides is 1. The number of nitrogens with one attached hydrogen (secondary N) is 2. The molecule has 28 heavy (non-hydrogen) atoms. The summed E-state index contributed by atoms with van der Waals surface area (Å²) in [6.07, 6.45) is 3.72. The van der Waals surface area contributed by atoms with Gasteiger partial charge in [0, 0.05) is 5.56 Å². The highest BCUT2D eigenvalue weighted by molar-refractivity contribution is 7.89. The number of hydrogen-bond acceptors (Lipinski definition) is 4. The first kappa shape index (κ1) is 20.4. The molecular weight excluding hydrogens is 374 g/mol. The van der Waals surface area contributed by atoms with Crippen LogP contribution in [0, 0.1) is 6.92 Å². The van der Waals surface area contributed by atoms with Crippen LogP contribution in [-0.4, -0.2) is 32.3 Å². The Morgan fingerprint density at radius 2 is 1.79 bits per heavy atom. The summed E-state index contributed by atoms with van der Waals surface area (Å²) in [5.41, 5.74) is 3.19. The quantitative estimate of drug-likeness (QED) is 0.510. The van der Waals surface area contributed by atoms with E-state index in [1.807, 2.05) is 13.0 Å². The highest BCUT2D eigenvalue weighted by Gasteiger charge is 2.17. The fourth-order valence-corrected chi connectivity index (χ4v) is 4.27. The number of nitrogens with zero attached hydrogens (tertiary/aromatic N) is 1. The second kappa shape index (κ2) is 8.75. The van der Waals surface area contributed by atoms with Gasteiger partial charge in [-0.25, -0.2) is 0 Å². The van der Waals surface area contributed by atoms with Crippen LogP contribution >= 0.6 is 0 Å². The van der Waals surface area contributed by atoms with E-state index in [1.165, 1.54) is 24.2 Å². The molecule has 0 radical (unpaired) electrons. The van der Waals surface area contributed by atoms with E-state index in [4.69, 9.17) is 0 Å². The third-order valence-corrected chi connectivity index (χ3v) is 6.39. The number of hydrogen-bond donors (Lipinski definition) is 3. The van der Waals surface area contributed by atoms with Crippen molar-refractivity contribution in [2.24, 2.45) is 5.10 Å². The van der Waals surface area contributed by atoms with E-state index in [0.717, 1.165) is 36.3 Å². The van der Waals surface area contributed by atoms with Crippen molar-refractivity contribution in [2.75, 3.05) is 13.1 Å². The molecular formula is C21H28N3O3S+. The van der Waals surface area contributed by atoms with E-state index in [9.17, 15) is 13.5 Å². The standard InChI is InChI=1S/C21H27N3O3S/c1-16-6-9-20(10-7-16)28(26,27)23-22-17(2)18-8-11-21(25)19(14-18)15-24-12-4-3-5-13-24/h6-11,14,23,25H,3-5,12-13,15H2,1-2H3/p+1/b22-17+. The van der Waals surface area contributed by atoms with Gasteiger partial charge >= 0.3 is 0 Å². The Hall–Kier alpha value is -2.38. The lowest BCUT2D eigenvalue weighted by Gasteiger charge is -2.24. The molecule has 0 bridgehead atoms. The van der Waals surface area contributed by atoms with Gasteiger partial charge in [-0.1, -0.05) is 17.7 Å². The molecule has 6 nitrogen and oxygen atoms in total. The molecule has 0 aromatic heterocycles. The zero-order valence-electron chi connectivity index (χ0n) is 16.4. The first-order chi connectivity index (χ1) is 13.3. The van der Waals surface area contributed by atoms with Crippen LogP contribution in [0.25, 0.3) is 0 Å². The van der Waals surface area contributed by atoms with Gasteiger partial charge in [0.05, 0.1) is 23.7 Å². The van der Waals surface area contributed by atoms with E-state index < -0.39 is 10.0 Å². The van der Waals surface area contributed by atoms with Crippen molar-refractivity contribution in [2.45, 2.75) is 44.6 Å². The fraction of sp³-hybridized carbons (Fsp3) is 0.381. The lowest BCUT2D eigenvalue weighted by molar-refractivity contribution is -0.918. The summed E-state index contributed by atoms with van der Waals surface area (Å²) < 4.78 is 24.8. The second-order valence-corrected chi connectivity index (χ2v) is 9.10. The summed E-state index contributed by atoms with van der Waals surface area (Å²) in [6, 6.07) is 11.9. The zero-order valence-corrected chi connectivity index (χ0v) is 17.2. The second-order valence-electron chi connectivity index (χ2n) is 7.44. The maximum Gasteiger partial charge on any atom is 0.276 e. The van der Waals surface area contributed by atoms with Crippen molar-refractivity contribution in [1.29, 1.82) is 0 Å². The highest BCUT2D eigenvalue weighted by Crippen LogP contribution is 2.19. The molecule has 1 fully saturated rings. The molecule has 2 aromatic rings. The molecule has 7 heteroatoms. The predicted octanol–water partition coefficient (Wildman–Crippen LogP) is 1.97. The summed E-state index contributed by atoms with van der Waals surface area (Å²) in [4.78, 5) is 3.94. The Morgan fingerprint density at radius 3 is 2.46 bits per heavy atom. The summed E-state index contributed by atoms with van der Waals surface area (Å²) in [7, 11) is -3.71. The largest absolute Gasteiger partial charge is 0.507 e. The molecule has 0 aliphatic carbocycles. The molecule has 150 valence electrons. The SMILES string of the molecule is C/C(=N\NS(=O)(=O)c1ccc(C)cc1)c1ccc(O)c(C[NH+]2CCCCC2)c1. The Morgan fingerprint density at radius 1 is 1.11 bits per heavy atom. The van der Waals surface area contributed by atoms with Gasteiger partial charge in [-0.15, -0.1) is 0 Å². The number of aromatic hydroxyl groups is 1. The van der Waals surface area contributed by atoms with Crippen LogP contribution in [0.5, 0.6) is 5.75 Å². The summed E-state index contributed by atoms with van der Waals surface area (Å²) in [5.74, 6) is 0.273. The summed E-state index contributed by atoms with van der Waals surface area (Å²) in [6.45, 7) is 6.66. The Labute approximate surface area is 166 Å². The number of phenols is 1. The van der Waals surface area contributed by atoms with Crippen molar-refractivity contribution in [3.05, 3.63) is 59.2 Å². The predicted molar refractivity (Wildman–Crippen MR) is 110 cm³/mol. The van der Waals surface area contributed by atoms with Crippen molar-refractivity contribution in [3.63, 3.8) is 0 Å². The van der Waals surface area contributed by atoms with Crippen LogP contribution in [0.4, 0.5) is 0 Å². The van der Waals surface area contributed by atoms with Crippen LogP contribution in [0.2, 0.25) is 0 Å². The van der Waals surface area contributed by atoms with Crippen molar-refractivity contribution in [1.82, 2.24) is 4.83 Å². The van der Waals surface area contributed by atoms with Gasteiger partial charge in [0.1, 0.15) is 12.3 Å². The van der Waals surface area contributed by atoms with Gasteiger partial charge < -0.3 is 10.0 Å². The molecule has 0 saturated carbocycles. The highest BCUT2D eigenvalue weighted by atomic mass is 32.2. The third-order valence-electron chi connectivity index (χ3n) is 5.16. The number of piperidine rings is 1. The number of rotatable bonds is 6. The smallest absolute Gasteiger partial charge is 0.276 e. The normalized spacial score (nSPS) is 16.1. The minimum atomic E-state index is -3.71. The minimum absolute atomic E-state index is 0.176. The molecule has 2 aromatic carbocycles. The van der Waals surface area contributed by atoms with Crippen LogP contribution in [0.1, 0.15) is 42.9 Å². The first-order valence-electron chi connectivity index (χ1n) is 9.64. The van der Waals surface area contributed by atoms with Crippen LogP contribution in [-0.2, 0) is 16.6 Å². The topological polar surface area (TPSA) is 83.2 Å². The van der Waals surface area contributed by atoms with Crippen LogP contribution in [0.15, 0.2) is 52.5 Å². The average molecular weight is 403 g/mol. The summed E-state index contributed by atoms with van der Waals surface area (Å²) >= 11 is 0. The molecule has 1 aliphatic rings.